The van der Waals surface area contributed by atoms with E-state index in [9.17, 15) is 18.8 Å². The summed E-state index contributed by atoms with van der Waals surface area (Å²) < 4.78 is 14.5. The molecule has 0 aliphatic carbocycles. The number of nitrogens with zero attached hydrogens (tertiary/aromatic N) is 4. The number of aryl methyl sites for hydroxylation is 1. The molecule has 3 heterocycles. The third-order valence-corrected chi connectivity index (χ3v) is 5.37. The van der Waals surface area contributed by atoms with Crippen LogP contribution in [0.15, 0.2) is 29.2 Å². The van der Waals surface area contributed by atoms with Gasteiger partial charge >= 0.3 is 0 Å². The van der Waals surface area contributed by atoms with Crippen LogP contribution in [0.4, 0.5) is 10.1 Å². The van der Waals surface area contributed by atoms with Gasteiger partial charge in [0.15, 0.2) is 11.2 Å². The molecule has 1 saturated heterocycles. The van der Waals surface area contributed by atoms with Crippen LogP contribution in [0.5, 0.6) is 0 Å². The molecule has 2 aromatic heterocycles. The molecule has 30 heavy (non-hydrogen) atoms. The monoisotopic (exact) mass is 432 g/mol. The average Bonchev–Trinajstić information content (AvgIpc) is 3.14. The van der Waals surface area contributed by atoms with Gasteiger partial charge in [-0.15, -0.1) is 5.10 Å². The van der Waals surface area contributed by atoms with Gasteiger partial charge in [0, 0.05) is 30.4 Å². The molecule has 9 nitrogen and oxygen atoms in total. The predicted molar refractivity (Wildman–Crippen MR) is 107 cm³/mol. The maximum Gasteiger partial charge on any atom is 0.276 e. The Morgan fingerprint density at radius 2 is 2.03 bits per heavy atom. The number of halogens is 2. The van der Waals surface area contributed by atoms with Crippen molar-refractivity contribution in [3.8, 4) is 0 Å². The zero-order valence-corrected chi connectivity index (χ0v) is 16.7. The van der Waals surface area contributed by atoms with Crippen molar-refractivity contribution in [1.29, 1.82) is 0 Å². The molecular formula is C19H18ClFN6O3. The molecule has 0 spiro atoms. The van der Waals surface area contributed by atoms with Crippen molar-refractivity contribution in [3.05, 3.63) is 57.0 Å². The summed E-state index contributed by atoms with van der Waals surface area (Å²) in [6.07, 6.45) is 2.47. The highest BCUT2D eigenvalue weighted by Crippen LogP contribution is 2.23. The Bertz CT molecular complexity index is 1200. The Labute approximate surface area is 174 Å². The van der Waals surface area contributed by atoms with Gasteiger partial charge in [-0.25, -0.2) is 8.91 Å². The standard InChI is InChI=1S/C19H18ClFN6O3/c1-10-9-27-16(18(29)22-10)15(24-25-27)19(30)26-6-4-11(5-7-26)17(28)23-12-2-3-14(21)13(20)8-12/h2-3,8-9,11H,4-7H2,1H3,(H,22,29)(H,23,28). The predicted octanol–water partition coefficient (Wildman–Crippen LogP) is 2.01. The van der Waals surface area contributed by atoms with Gasteiger partial charge in [0.25, 0.3) is 11.5 Å². The maximum atomic E-state index is 13.3. The van der Waals surface area contributed by atoms with Gasteiger partial charge in [-0.2, -0.15) is 0 Å². The summed E-state index contributed by atoms with van der Waals surface area (Å²) in [6.45, 7) is 2.38. The quantitative estimate of drug-likeness (QED) is 0.657. The minimum Gasteiger partial charge on any atom is -0.337 e. The van der Waals surface area contributed by atoms with Crippen LogP contribution in [0.25, 0.3) is 5.52 Å². The van der Waals surface area contributed by atoms with Crippen molar-refractivity contribution in [2.45, 2.75) is 19.8 Å². The highest BCUT2D eigenvalue weighted by atomic mass is 35.5. The lowest BCUT2D eigenvalue weighted by Gasteiger charge is -2.30. The number of aromatic nitrogens is 4. The largest absolute Gasteiger partial charge is 0.337 e. The molecule has 2 amide bonds. The Kier molecular flexibility index (Phi) is 5.25. The topological polar surface area (TPSA) is 112 Å². The SMILES string of the molecule is Cc1cn2nnc(C(=O)N3CCC(C(=O)Nc4ccc(F)c(Cl)c4)CC3)c2c(=O)[nH]1. The van der Waals surface area contributed by atoms with Crippen LogP contribution >= 0.6 is 11.6 Å². The summed E-state index contributed by atoms with van der Waals surface area (Å²) in [6, 6.07) is 3.98. The van der Waals surface area contributed by atoms with Crippen LogP contribution in [0, 0.1) is 18.7 Å². The van der Waals surface area contributed by atoms with Gasteiger partial charge in [-0.3, -0.25) is 14.4 Å². The molecule has 0 radical (unpaired) electrons. The first-order valence-electron chi connectivity index (χ1n) is 9.33. The number of H-pyrrole nitrogens is 1. The zero-order chi connectivity index (χ0) is 21.4. The number of carbonyl (C=O) groups excluding carboxylic acids is 2. The van der Waals surface area contributed by atoms with Gasteiger partial charge in [0.05, 0.1) is 11.2 Å². The first kappa shape index (κ1) is 20.0. The number of aromatic amines is 1. The van der Waals surface area contributed by atoms with Crippen LogP contribution in [-0.2, 0) is 4.79 Å². The summed E-state index contributed by atoms with van der Waals surface area (Å²) in [5.41, 5.74) is 0.662. The highest BCUT2D eigenvalue weighted by Gasteiger charge is 2.30. The number of amides is 2. The number of fused-ring (bicyclic) bond motifs is 1. The molecule has 0 unspecified atom stereocenters. The molecule has 3 aromatic rings. The van der Waals surface area contributed by atoms with Crippen LogP contribution < -0.4 is 10.9 Å². The minimum atomic E-state index is -0.559. The lowest BCUT2D eigenvalue weighted by molar-refractivity contribution is -0.121. The lowest BCUT2D eigenvalue weighted by atomic mass is 9.95. The zero-order valence-electron chi connectivity index (χ0n) is 16.0. The normalized spacial score (nSPS) is 14.8. The number of anilines is 1. The molecule has 11 heteroatoms. The summed E-state index contributed by atoms with van der Waals surface area (Å²) in [5.74, 6) is -1.48. The Hall–Kier alpha value is -3.27. The number of benzene rings is 1. The molecule has 1 fully saturated rings. The van der Waals surface area contributed by atoms with E-state index in [1.165, 1.54) is 22.7 Å². The summed E-state index contributed by atoms with van der Waals surface area (Å²) in [4.78, 5) is 41.8. The number of hydrogen-bond acceptors (Lipinski definition) is 5. The molecule has 0 bridgehead atoms. The Morgan fingerprint density at radius 1 is 1.30 bits per heavy atom. The smallest absolute Gasteiger partial charge is 0.276 e. The molecule has 0 saturated carbocycles. The van der Waals surface area contributed by atoms with E-state index in [2.05, 4.69) is 20.6 Å². The van der Waals surface area contributed by atoms with E-state index < -0.39 is 17.3 Å². The summed E-state index contributed by atoms with van der Waals surface area (Å²) in [7, 11) is 0. The number of carbonyl (C=O) groups is 2. The third-order valence-electron chi connectivity index (χ3n) is 5.08. The number of likely N-dealkylation sites (tertiary alicyclic amines) is 1. The Morgan fingerprint density at radius 3 is 2.73 bits per heavy atom. The molecule has 1 aliphatic rings. The number of piperidine rings is 1. The molecule has 1 aromatic carbocycles. The fraction of sp³-hybridized carbons (Fsp3) is 0.316. The van der Waals surface area contributed by atoms with Gasteiger partial charge in [-0.1, -0.05) is 16.8 Å². The summed E-state index contributed by atoms with van der Waals surface area (Å²) in [5, 5.41) is 10.4. The van der Waals surface area contributed by atoms with Crippen molar-refractivity contribution in [1.82, 2.24) is 24.7 Å². The van der Waals surface area contributed by atoms with Crippen LogP contribution in [0.1, 0.15) is 29.0 Å². The fourth-order valence-corrected chi connectivity index (χ4v) is 3.69. The van der Waals surface area contributed by atoms with E-state index in [-0.39, 0.29) is 28.1 Å². The lowest BCUT2D eigenvalue weighted by Crippen LogP contribution is -2.41. The van der Waals surface area contributed by atoms with Gasteiger partial charge < -0.3 is 15.2 Å². The third kappa shape index (κ3) is 3.78. The van der Waals surface area contributed by atoms with E-state index in [0.29, 0.717) is 37.3 Å². The van der Waals surface area contributed by atoms with Crippen LogP contribution in [0.2, 0.25) is 5.02 Å². The second kappa shape index (κ2) is 7.86. The fourth-order valence-electron chi connectivity index (χ4n) is 3.51. The van der Waals surface area contributed by atoms with Crippen molar-refractivity contribution >= 4 is 34.6 Å². The molecule has 4 rings (SSSR count). The summed E-state index contributed by atoms with van der Waals surface area (Å²) >= 11 is 5.74. The highest BCUT2D eigenvalue weighted by molar-refractivity contribution is 6.31. The van der Waals surface area contributed by atoms with E-state index in [0.717, 1.165) is 0 Å². The number of nitrogens with one attached hydrogen (secondary N) is 2. The minimum absolute atomic E-state index is 0.0138. The van der Waals surface area contributed by atoms with Crippen molar-refractivity contribution < 1.29 is 14.0 Å². The molecular weight excluding hydrogens is 415 g/mol. The first-order chi connectivity index (χ1) is 14.3. The van der Waals surface area contributed by atoms with Crippen molar-refractivity contribution in [3.63, 3.8) is 0 Å². The van der Waals surface area contributed by atoms with Crippen molar-refractivity contribution in [2.24, 2.45) is 5.92 Å². The molecule has 1 aliphatic heterocycles. The van der Waals surface area contributed by atoms with Gasteiger partial charge in [-0.05, 0) is 38.0 Å². The van der Waals surface area contributed by atoms with Crippen molar-refractivity contribution in [2.75, 3.05) is 18.4 Å². The Balaban J connectivity index is 1.42. The van der Waals surface area contributed by atoms with Crippen LogP contribution in [0.3, 0.4) is 0 Å². The van der Waals surface area contributed by atoms with E-state index in [1.807, 2.05) is 0 Å². The second-order valence-electron chi connectivity index (χ2n) is 7.18. The van der Waals surface area contributed by atoms with E-state index in [4.69, 9.17) is 11.6 Å². The number of rotatable bonds is 3. The van der Waals surface area contributed by atoms with Crippen LogP contribution in [-0.4, -0.2) is 49.6 Å². The van der Waals surface area contributed by atoms with Gasteiger partial charge in [0.1, 0.15) is 5.82 Å². The molecule has 2 N–H and O–H groups in total. The average molecular weight is 433 g/mol. The molecule has 0 atom stereocenters. The number of hydrogen-bond donors (Lipinski definition) is 2. The van der Waals surface area contributed by atoms with E-state index in [1.54, 1.807) is 18.0 Å². The van der Waals surface area contributed by atoms with Gasteiger partial charge in [0.2, 0.25) is 5.91 Å². The second-order valence-corrected chi connectivity index (χ2v) is 7.59. The molecule has 156 valence electrons. The van der Waals surface area contributed by atoms with E-state index >= 15 is 0 Å². The first-order valence-corrected chi connectivity index (χ1v) is 9.71. The maximum absolute atomic E-state index is 13.3.